The Morgan fingerprint density at radius 2 is 2.15 bits per heavy atom. The van der Waals surface area contributed by atoms with Crippen LogP contribution in [0.5, 0.6) is 0 Å². The molecule has 1 aliphatic rings. The van der Waals surface area contributed by atoms with Gasteiger partial charge >= 0.3 is 0 Å². The van der Waals surface area contributed by atoms with E-state index in [1.165, 1.54) is 6.42 Å². The first-order chi connectivity index (χ1) is 12.6. The maximum Gasteiger partial charge on any atom is 0.221 e. The highest BCUT2D eigenvalue weighted by Crippen LogP contribution is 2.12. The molecular formula is C20H29N5O. The Hall–Kier alpha value is -2.18. The van der Waals surface area contributed by atoms with Crippen molar-refractivity contribution in [3.05, 3.63) is 48.3 Å². The summed E-state index contributed by atoms with van der Waals surface area (Å²) in [4.78, 5) is 16.7. The molecule has 140 valence electrons. The second kappa shape index (κ2) is 8.96. The van der Waals surface area contributed by atoms with Crippen LogP contribution in [0.2, 0.25) is 0 Å². The van der Waals surface area contributed by atoms with Gasteiger partial charge in [0.05, 0.1) is 11.9 Å². The number of benzene rings is 1. The third-order valence-electron chi connectivity index (χ3n) is 5.07. The van der Waals surface area contributed by atoms with Gasteiger partial charge in [-0.15, -0.1) is 0 Å². The number of rotatable bonds is 8. The SMILES string of the molecule is CN1CC[C@@H](N(C)CCC(=O)NCCc2cnn(-c3ccccc3)c2)C1. The summed E-state index contributed by atoms with van der Waals surface area (Å²) in [6, 6.07) is 10.6. The van der Waals surface area contributed by atoms with E-state index in [-0.39, 0.29) is 5.91 Å². The fourth-order valence-corrected chi connectivity index (χ4v) is 3.38. The zero-order valence-corrected chi connectivity index (χ0v) is 15.8. The van der Waals surface area contributed by atoms with Crippen molar-refractivity contribution in [1.82, 2.24) is 24.9 Å². The molecule has 0 saturated carbocycles. The highest BCUT2D eigenvalue weighted by atomic mass is 16.1. The number of carbonyl (C=O) groups excluding carboxylic acids is 1. The Bertz CT molecular complexity index is 699. The van der Waals surface area contributed by atoms with Crippen LogP contribution in [0.3, 0.4) is 0 Å². The molecule has 3 rings (SSSR count). The number of aromatic nitrogens is 2. The van der Waals surface area contributed by atoms with Gasteiger partial charge in [0.2, 0.25) is 5.91 Å². The molecule has 1 saturated heterocycles. The van der Waals surface area contributed by atoms with Gasteiger partial charge < -0.3 is 15.1 Å². The van der Waals surface area contributed by atoms with Gasteiger partial charge in [-0.2, -0.15) is 5.10 Å². The number of para-hydroxylation sites is 1. The molecule has 0 spiro atoms. The summed E-state index contributed by atoms with van der Waals surface area (Å²) in [5.74, 6) is 0.124. The van der Waals surface area contributed by atoms with E-state index in [0.29, 0.717) is 19.0 Å². The molecule has 1 amide bonds. The van der Waals surface area contributed by atoms with Crippen molar-refractivity contribution in [3.8, 4) is 5.69 Å². The first-order valence-corrected chi connectivity index (χ1v) is 9.36. The average molecular weight is 355 g/mol. The van der Waals surface area contributed by atoms with Gasteiger partial charge in [0, 0.05) is 38.3 Å². The molecule has 0 unspecified atom stereocenters. The number of likely N-dealkylation sites (N-methyl/N-ethyl adjacent to an activating group) is 2. The molecule has 1 fully saturated rings. The van der Waals surface area contributed by atoms with Gasteiger partial charge in [0.1, 0.15) is 0 Å². The summed E-state index contributed by atoms with van der Waals surface area (Å²) < 4.78 is 1.87. The molecule has 1 aliphatic heterocycles. The number of amides is 1. The van der Waals surface area contributed by atoms with Crippen LogP contribution in [-0.4, -0.2) is 71.8 Å². The topological polar surface area (TPSA) is 53.4 Å². The Morgan fingerprint density at radius 3 is 2.88 bits per heavy atom. The van der Waals surface area contributed by atoms with Gasteiger partial charge in [-0.1, -0.05) is 18.2 Å². The van der Waals surface area contributed by atoms with Crippen molar-refractivity contribution >= 4 is 5.91 Å². The van der Waals surface area contributed by atoms with Crippen molar-refractivity contribution in [2.45, 2.75) is 25.3 Å². The smallest absolute Gasteiger partial charge is 0.221 e. The minimum absolute atomic E-state index is 0.124. The van der Waals surface area contributed by atoms with Crippen LogP contribution < -0.4 is 5.32 Å². The molecule has 1 atom stereocenters. The van der Waals surface area contributed by atoms with Gasteiger partial charge in [-0.25, -0.2) is 4.68 Å². The summed E-state index contributed by atoms with van der Waals surface area (Å²) in [6.07, 6.45) is 6.43. The number of nitrogens with zero attached hydrogens (tertiary/aromatic N) is 4. The van der Waals surface area contributed by atoms with E-state index >= 15 is 0 Å². The third kappa shape index (κ3) is 5.16. The maximum absolute atomic E-state index is 12.1. The lowest BCUT2D eigenvalue weighted by Gasteiger charge is -2.23. The number of nitrogens with one attached hydrogen (secondary N) is 1. The lowest BCUT2D eigenvalue weighted by molar-refractivity contribution is -0.121. The minimum Gasteiger partial charge on any atom is -0.356 e. The predicted molar refractivity (Wildman–Crippen MR) is 103 cm³/mol. The first-order valence-electron chi connectivity index (χ1n) is 9.36. The molecule has 1 N–H and O–H groups in total. The molecule has 0 aliphatic carbocycles. The summed E-state index contributed by atoms with van der Waals surface area (Å²) in [6.45, 7) is 3.72. The molecular weight excluding hydrogens is 326 g/mol. The zero-order chi connectivity index (χ0) is 18.4. The second-order valence-electron chi connectivity index (χ2n) is 7.16. The summed E-state index contributed by atoms with van der Waals surface area (Å²) in [5, 5.41) is 7.41. The molecule has 1 aromatic heterocycles. The number of carbonyl (C=O) groups is 1. The Balaban J connectivity index is 1.36. The second-order valence-corrected chi connectivity index (χ2v) is 7.16. The lowest BCUT2D eigenvalue weighted by Crippen LogP contribution is -2.37. The van der Waals surface area contributed by atoms with Crippen LogP contribution >= 0.6 is 0 Å². The normalized spacial score (nSPS) is 17.7. The van der Waals surface area contributed by atoms with Gasteiger partial charge in [0.25, 0.3) is 0 Å². The molecule has 0 bridgehead atoms. The quantitative estimate of drug-likeness (QED) is 0.781. The van der Waals surface area contributed by atoms with E-state index in [1.807, 2.05) is 47.4 Å². The summed E-state index contributed by atoms with van der Waals surface area (Å²) >= 11 is 0. The van der Waals surface area contributed by atoms with E-state index < -0.39 is 0 Å². The highest BCUT2D eigenvalue weighted by Gasteiger charge is 2.23. The fraction of sp³-hybridized carbons (Fsp3) is 0.500. The van der Waals surface area contributed by atoms with Crippen LogP contribution in [0.4, 0.5) is 0 Å². The number of hydrogen-bond donors (Lipinski definition) is 1. The van der Waals surface area contributed by atoms with Crippen molar-refractivity contribution < 1.29 is 4.79 Å². The molecule has 26 heavy (non-hydrogen) atoms. The van der Waals surface area contributed by atoms with Crippen LogP contribution in [0.15, 0.2) is 42.7 Å². The fourth-order valence-electron chi connectivity index (χ4n) is 3.38. The van der Waals surface area contributed by atoms with Crippen molar-refractivity contribution in [2.75, 3.05) is 40.3 Å². The third-order valence-corrected chi connectivity index (χ3v) is 5.07. The summed E-state index contributed by atoms with van der Waals surface area (Å²) in [5.41, 5.74) is 2.17. The monoisotopic (exact) mass is 355 g/mol. The molecule has 2 aromatic rings. The van der Waals surface area contributed by atoms with E-state index in [2.05, 4.69) is 34.3 Å². The largest absolute Gasteiger partial charge is 0.356 e. The molecule has 0 radical (unpaired) electrons. The van der Waals surface area contributed by atoms with Crippen LogP contribution in [0.25, 0.3) is 5.69 Å². The van der Waals surface area contributed by atoms with Gasteiger partial charge in [-0.3, -0.25) is 4.79 Å². The minimum atomic E-state index is 0.124. The highest BCUT2D eigenvalue weighted by molar-refractivity contribution is 5.76. The number of hydrogen-bond acceptors (Lipinski definition) is 4. The standard InChI is InChI=1S/C20H29N5O/c1-23-12-9-19(16-23)24(2)13-10-20(26)21-11-8-17-14-22-25(15-17)18-6-4-3-5-7-18/h3-7,14-15,19H,8-13,16H2,1-2H3,(H,21,26)/t19-/m1/s1. The van der Waals surface area contributed by atoms with E-state index in [1.54, 1.807) is 0 Å². The first kappa shape index (κ1) is 18.6. The van der Waals surface area contributed by atoms with E-state index in [0.717, 1.165) is 37.3 Å². The van der Waals surface area contributed by atoms with Crippen LogP contribution in [0, 0.1) is 0 Å². The van der Waals surface area contributed by atoms with Crippen LogP contribution in [-0.2, 0) is 11.2 Å². The van der Waals surface area contributed by atoms with Crippen molar-refractivity contribution in [3.63, 3.8) is 0 Å². The Morgan fingerprint density at radius 1 is 1.35 bits per heavy atom. The summed E-state index contributed by atoms with van der Waals surface area (Å²) in [7, 11) is 4.27. The average Bonchev–Trinajstić information content (AvgIpc) is 3.30. The predicted octanol–water partition coefficient (Wildman–Crippen LogP) is 1.56. The zero-order valence-electron chi connectivity index (χ0n) is 15.8. The van der Waals surface area contributed by atoms with Crippen molar-refractivity contribution in [1.29, 1.82) is 0 Å². The molecule has 2 heterocycles. The maximum atomic E-state index is 12.1. The molecule has 1 aromatic carbocycles. The molecule has 6 nitrogen and oxygen atoms in total. The van der Waals surface area contributed by atoms with Crippen LogP contribution in [0.1, 0.15) is 18.4 Å². The van der Waals surface area contributed by atoms with Gasteiger partial charge in [0.15, 0.2) is 0 Å². The van der Waals surface area contributed by atoms with Gasteiger partial charge in [-0.05, 0) is 51.2 Å². The number of likely N-dealkylation sites (tertiary alicyclic amines) is 1. The lowest BCUT2D eigenvalue weighted by atomic mass is 10.2. The van der Waals surface area contributed by atoms with E-state index in [9.17, 15) is 4.79 Å². The molecule has 6 heteroatoms. The van der Waals surface area contributed by atoms with Crippen molar-refractivity contribution in [2.24, 2.45) is 0 Å². The Labute approximate surface area is 155 Å². The van der Waals surface area contributed by atoms with E-state index in [4.69, 9.17) is 0 Å². The Kier molecular flexibility index (Phi) is 6.41.